The van der Waals surface area contributed by atoms with Crippen LogP contribution < -0.4 is 0 Å². The Morgan fingerprint density at radius 1 is 1.06 bits per heavy atom. The standard InChI is InChI=1S/C28H33N3O2/c1-5-19-12-9-13-20(6-2)25(19)27-29-18(3)23(26(30-27)28(32)33)17-31(4)24-16-10-14-21-11-7-8-15-22(21)24/h7-9,11-13,15,24H,5-6,10,14,16-17H2,1-4H3,(H,32,33)/t24-/m0/s1. The maximum Gasteiger partial charge on any atom is 0.354 e. The van der Waals surface area contributed by atoms with Crippen LogP contribution in [0.1, 0.15) is 76.7 Å². The summed E-state index contributed by atoms with van der Waals surface area (Å²) in [6.45, 7) is 6.63. The molecule has 1 aliphatic carbocycles. The van der Waals surface area contributed by atoms with E-state index in [1.165, 1.54) is 11.1 Å². The molecule has 0 unspecified atom stereocenters. The Kier molecular flexibility index (Phi) is 6.89. The lowest BCUT2D eigenvalue weighted by molar-refractivity contribution is 0.0687. The van der Waals surface area contributed by atoms with Crippen LogP contribution in [0.25, 0.3) is 11.4 Å². The number of carboxylic acids is 1. The van der Waals surface area contributed by atoms with Gasteiger partial charge in [0, 0.05) is 29.4 Å². The Balaban J connectivity index is 1.74. The molecule has 5 nitrogen and oxygen atoms in total. The van der Waals surface area contributed by atoms with Crippen LogP contribution in [0.15, 0.2) is 42.5 Å². The smallest absolute Gasteiger partial charge is 0.354 e. The topological polar surface area (TPSA) is 66.3 Å². The highest BCUT2D eigenvalue weighted by Crippen LogP contribution is 2.35. The highest BCUT2D eigenvalue weighted by molar-refractivity contribution is 5.88. The fourth-order valence-electron chi connectivity index (χ4n) is 5.15. The van der Waals surface area contributed by atoms with Crippen molar-refractivity contribution in [1.29, 1.82) is 0 Å². The lowest BCUT2D eigenvalue weighted by Gasteiger charge is -2.33. The molecule has 1 aromatic heterocycles. The second kappa shape index (κ2) is 9.84. The molecule has 2 aromatic carbocycles. The van der Waals surface area contributed by atoms with Gasteiger partial charge in [-0.2, -0.15) is 0 Å². The number of carboxylic acid groups (broad SMARTS) is 1. The molecule has 1 atom stereocenters. The van der Waals surface area contributed by atoms with Crippen molar-refractivity contribution in [3.8, 4) is 11.4 Å². The minimum absolute atomic E-state index is 0.112. The van der Waals surface area contributed by atoms with Crippen molar-refractivity contribution < 1.29 is 9.90 Å². The third kappa shape index (κ3) is 4.55. The SMILES string of the molecule is CCc1cccc(CC)c1-c1nc(C)c(CN(C)[C@H]2CCCc3ccccc32)c(C(=O)O)n1. The van der Waals surface area contributed by atoms with Gasteiger partial charge in [0.2, 0.25) is 0 Å². The molecule has 0 radical (unpaired) electrons. The van der Waals surface area contributed by atoms with Crippen molar-refractivity contribution in [1.82, 2.24) is 14.9 Å². The van der Waals surface area contributed by atoms with E-state index in [0.717, 1.165) is 54.5 Å². The predicted octanol–water partition coefficient (Wildman–Crippen LogP) is 5.78. The predicted molar refractivity (Wildman–Crippen MR) is 132 cm³/mol. The Morgan fingerprint density at radius 3 is 2.42 bits per heavy atom. The minimum Gasteiger partial charge on any atom is -0.476 e. The molecular weight excluding hydrogens is 410 g/mol. The van der Waals surface area contributed by atoms with E-state index in [0.29, 0.717) is 17.9 Å². The van der Waals surface area contributed by atoms with Crippen molar-refractivity contribution in [2.45, 2.75) is 65.5 Å². The van der Waals surface area contributed by atoms with Crippen molar-refractivity contribution in [2.24, 2.45) is 0 Å². The molecule has 3 aromatic rings. The number of fused-ring (bicyclic) bond motifs is 1. The molecule has 4 rings (SSSR count). The summed E-state index contributed by atoms with van der Waals surface area (Å²) in [4.78, 5) is 24.0. The van der Waals surface area contributed by atoms with Gasteiger partial charge in [-0.1, -0.05) is 56.3 Å². The zero-order valence-electron chi connectivity index (χ0n) is 20.1. The highest BCUT2D eigenvalue weighted by atomic mass is 16.4. The molecule has 1 aliphatic rings. The Morgan fingerprint density at radius 2 is 1.76 bits per heavy atom. The van der Waals surface area contributed by atoms with Gasteiger partial charge in [-0.25, -0.2) is 14.8 Å². The average Bonchev–Trinajstić information content (AvgIpc) is 2.83. The monoisotopic (exact) mass is 443 g/mol. The summed E-state index contributed by atoms with van der Waals surface area (Å²) in [5.41, 5.74) is 7.57. The first kappa shape index (κ1) is 23.1. The first-order chi connectivity index (χ1) is 15.9. The Bertz CT molecular complexity index is 1150. The maximum absolute atomic E-state index is 12.3. The molecule has 0 bridgehead atoms. The number of aromatic carboxylic acids is 1. The molecule has 0 fully saturated rings. The molecule has 0 amide bonds. The van der Waals surface area contributed by atoms with E-state index in [-0.39, 0.29) is 11.7 Å². The number of rotatable bonds is 7. The lowest BCUT2D eigenvalue weighted by Crippen LogP contribution is -2.29. The zero-order valence-corrected chi connectivity index (χ0v) is 20.1. The van der Waals surface area contributed by atoms with Crippen LogP contribution in [-0.4, -0.2) is 33.0 Å². The third-order valence-electron chi connectivity index (χ3n) is 6.92. The number of hydrogen-bond donors (Lipinski definition) is 1. The van der Waals surface area contributed by atoms with E-state index in [1.807, 2.05) is 6.92 Å². The molecule has 1 heterocycles. The van der Waals surface area contributed by atoms with E-state index in [2.05, 4.69) is 73.2 Å². The van der Waals surface area contributed by atoms with Gasteiger partial charge in [-0.15, -0.1) is 0 Å². The molecule has 1 N–H and O–H groups in total. The summed E-state index contributed by atoms with van der Waals surface area (Å²) in [5.74, 6) is -0.477. The first-order valence-corrected chi connectivity index (χ1v) is 11.9. The van der Waals surface area contributed by atoms with Gasteiger partial charge < -0.3 is 5.11 Å². The summed E-state index contributed by atoms with van der Waals surface area (Å²) in [6, 6.07) is 15.1. The molecule has 0 aliphatic heterocycles. The van der Waals surface area contributed by atoms with Crippen molar-refractivity contribution in [2.75, 3.05) is 7.05 Å². The maximum atomic E-state index is 12.3. The number of aromatic nitrogens is 2. The molecule has 5 heteroatoms. The summed E-state index contributed by atoms with van der Waals surface area (Å²) in [6.07, 6.45) is 5.00. The van der Waals surface area contributed by atoms with Crippen LogP contribution in [0.5, 0.6) is 0 Å². The van der Waals surface area contributed by atoms with Gasteiger partial charge in [0.05, 0.1) is 0 Å². The summed E-state index contributed by atoms with van der Waals surface area (Å²) < 4.78 is 0. The fraction of sp³-hybridized carbons (Fsp3) is 0.393. The molecule has 33 heavy (non-hydrogen) atoms. The van der Waals surface area contributed by atoms with Gasteiger partial charge in [0.15, 0.2) is 11.5 Å². The highest BCUT2D eigenvalue weighted by Gasteiger charge is 2.27. The van der Waals surface area contributed by atoms with Crippen LogP contribution >= 0.6 is 0 Å². The molecular formula is C28H33N3O2. The van der Waals surface area contributed by atoms with Crippen LogP contribution in [0.3, 0.4) is 0 Å². The Labute approximate surface area is 196 Å². The van der Waals surface area contributed by atoms with Crippen LogP contribution in [0.4, 0.5) is 0 Å². The number of nitrogens with zero attached hydrogens (tertiary/aromatic N) is 3. The van der Waals surface area contributed by atoms with Crippen molar-refractivity contribution in [3.63, 3.8) is 0 Å². The fourth-order valence-corrected chi connectivity index (χ4v) is 5.15. The Hall–Kier alpha value is -3.05. The van der Waals surface area contributed by atoms with Gasteiger partial charge in [-0.05, 0) is 68.3 Å². The second-order valence-electron chi connectivity index (χ2n) is 8.95. The van der Waals surface area contributed by atoms with E-state index in [4.69, 9.17) is 4.98 Å². The minimum atomic E-state index is -0.999. The normalized spacial score (nSPS) is 15.5. The van der Waals surface area contributed by atoms with Gasteiger partial charge in [0.25, 0.3) is 0 Å². The largest absolute Gasteiger partial charge is 0.476 e. The van der Waals surface area contributed by atoms with Crippen molar-refractivity contribution >= 4 is 5.97 Å². The van der Waals surface area contributed by atoms with Crippen LogP contribution in [0.2, 0.25) is 0 Å². The molecule has 0 spiro atoms. The second-order valence-corrected chi connectivity index (χ2v) is 8.95. The van der Waals surface area contributed by atoms with Crippen molar-refractivity contribution in [3.05, 3.63) is 81.7 Å². The number of aryl methyl sites for hydroxylation is 4. The zero-order chi connectivity index (χ0) is 23.5. The molecule has 0 saturated heterocycles. The third-order valence-corrected chi connectivity index (χ3v) is 6.92. The quantitative estimate of drug-likeness (QED) is 0.501. The van der Waals surface area contributed by atoms with E-state index in [9.17, 15) is 9.90 Å². The van der Waals surface area contributed by atoms with Crippen LogP contribution in [-0.2, 0) is 25.8 Å². The van der Waals surface area contributed by atoms with Gasteiger partial charge >= 0.3 is 5.97 Å². The molecule has 0 saturated carbocycles. The van der Waals surface area contributed by atoms with E-state index >= 15 is 0 Å². The number of hydrogen-bond acceptors (Lipinski definition) is 4. The average molecular weight is 444 g/mol. The summed E-state index contributed by atoms with van der Waals surface area (Å²) in [5, 5.41) is 10.1. The van der Waals surface area contributed by atoms with Gasteiger partial charge in [-0.3, -0.25) is 4.90 Å². The van der Waals surface area contributed by atoms with E-state index < -0.39 is 5.97 Å². The van der Waals surface area contributed by atoms with E-state index in [1.54, 1.807) is 0 Å². The number of carbonyl (C=O) groups is 1. The van der Waals surface area contributed by atoms with Crippen LogP contribution in [0, 0.1) is 6.92 Å². The first-order valence-electron chi connectivity index (χ1n) is 11.9. The van der Waals surface area contributed by atoms with Gasteiger partial charge in [0.1, 0.15) is 0 Å². The molecule has 172 valence electrons. The lowest BCUT2D eigenvalue weighted by atomic mass is 9.87. The summed E-state index contributed by atoms with van der Waals surface area (Å²) in [7, 11) is 2.08. The number of benzene rings is 2. The summed E-state index contributed by atoms with van der Waals surface area (Å²) >= 11 is 0.